The largest absolute Gasteiger partial charge is 0.338 e. The minimum absolute atomic E-state index is 0.0758. The number of sulfone groups is 1. The summed E-state index contributed by atoms with van der Waals surface area (Å²) < 4.78 is 27.8. The fourth-order valence-corrected chi connectivity index (χ4v) is 6.03. The number of benzene rings is 1. The molecule has 2 aliphatic rings. The van der Waals surface area contributed by atoms with E-state index in [9.17, 15) is 13.2 Å². The molecular formula is C19H19ClN4O3S. The van der Waals surface area contributed by atoms with Crippen molar-refractivity contribution in [2.75, 3.05) is 0 Å². The first-order valence-corrected chi connectivity index (χ1v) is 11.0. The Morgan fingerprint density at radius 1 is 1.36 bits per heavy atom. The van der Waals surface area contributed by atoms with Gasteiger partial charge in [0, 0.05) is 18.3 Å². The van der Waals surface area contributed by atoms with Gasteiger partial charge in [-0.2, -0.15) is 10.4 Å². The third kappa shape index (κ3) is 3.40. The maximum absolute atomic E-state index is 13.1. The summed E-state index contributed by atoms with van der Waals surface area (Å²) in [5, 5.41) is 15.5. The van der Waals surface area contributed by atoms with Crippen LogP contribution in [0.2, 0.25) is 5.02 Å². The Bertz CT molecular complexity index is 1060. The molecule has 0 saturated heterocycles. The van der Waals surface area contributed by atoms with Crippen LogP contribution in [0.25, 0.3) is 5.69 Å². The van der Waals surface area contributed by atoms with Gasteiger partial charge < -0.3 is 5.32 Å². The first kappa shape index (κ1) is 19.0. The van der Waals surface area contributed by atoms with Crippen molar-refractivity contribution in [3.05, 3.63) is 41.7 Å². The summed E-state index contributed by atoms with van der Waals surface area (Å²) in [6, 6.07) is 8.62. The molecule has 2 aliphatic carbocycles. The first-order chi connectivity index (χ1) is 13.3. The summed E-state index contributed by atoms with van der Waals surface area (Å²) in [4.78, 5) is 12.5. The van der Waals surface area contributed by atoms with Crippen molar-refractivity contribution in [3.63, 3.8) is 0 Å². The smallest absolute Gasteiger partial charge is 0.224 e. The van der Waals surface area contributed by atoms with Gasteiger partial charge in [-0.05, 0) is 56.4 Å². The fourth-order valence-electron chi connectivity index (χ4n) is 3.65. The number of nitriles is 1. The highest BCUT2D eigenvalue weighted by Gasteiger charge is 2.47. The van der Waals surface area contributed by atoms with E-state index in [4.69, 9.17) is 16.9 Å². The fraction of sp³-hybridized carbons (Fsp3) is 0.421. The van der Waals surface area contributed by atoms with E-state index in [0.29, 0.717) is 31.4 Å². The molecule has 2 saturated carbocycles. The van der Waals surface area contributed by atoms with E-state index < -0.39 is 26.5 Å². The van der Waals surface area contributed by atoms with Crippen LogP contribution in [0.3, 0.4) is 0 Å². The highest BCUT2D eigenvalue weighted by molar-refractivity contribution is 7.92. The van der Waals surface area contributed by atoms with Gasteiger partial charge in [0.15, 0.2) is 9.84 Å². The molecule has 0 bridgehead atoms. The molecule has 2 atom stereocenters. The van der Waals surface area contributed by atoms with E-state index in [2.05, 4.69) is 16.5 Å². The molecule has 4 rings (SSSR count). The van der Waals surface area contributed by atoms with E-state index in [1.807, 2.05) is 0 Å². The van der Waals surface area contributed by atoms with Gasteiger partial charge in [0.2, 0.25) is 5.91 Å². The molecule has 1 aromatic heterocycles. The standard InChI is InChI=1S/C19H19ClN4O3S/c20-16-11-14(24-9-1-8-22-24)3-5-17(16)28(26,27)15-4-2-13(10-15)18(25)23-19(12-21)6-7-19/h1,3,5,8-9,11,13,15H,2,4,6-7,10H2,(H,23,25)/t13-,15+/m1/s1. The predicted molar refractivity (Wildman–Crippen MR) is 103 cm³/mol. The maximum atomic E-state index is 13.1. The maximum Gasteiger partial charge on any atom is 0.224 e. The summed E-state index contributed by atoms with van der Waals surface area (Å²) >= 11 is 6.29. The SMILES string of the molecule is N#CC1(NC(=O)[C@@H]2CC[C@H](S(=O)(=O)c3ccc(-n4cccn4)cc3Cl)C2)CC1. The molecule has 7 nitrogen and oxygen atoms in total. The van der Waals surface area contributed by atoms with Crippen molar-refractivity contribution in [2.24, 2.45) is 5.92 Å². The second kappa shape index (κ2) is 6.90. The Balaban J connectivity index is 1.50. The van der Waals surface area contributed by atoms with Crippen molar-refractivity contribution in [3.8, 4) is 11.8 Å². The number of aromatic nitrogens is 2. The molecule has 0 aliphatic heterocycles. The monoisotopic (exact) mass is 418 g/mol. The van der Waals surface area contributed by atoms with Crippen LogP contribution in [0, 0.1) is 17.2 Å². The van der Waals surface area contributed by atoms with Gasteiger partial charge in [-0.25, -0.2) is 13.1 Å². The number of carbonyl (C=O) groups excluding carboxylic acids is 1. The number of hydrogen-bond donors (Lipinski definition) is 1. The lowest BCUT2D eigenvalue weighted by molar-refractivity contribution is -0.125. The van der Waals surface area contributed by atoms with E-state index >= 15 is 0 Å². The van der Waals surface area contributed by atoms with Crippen LogP contribution in [0.1, 0.15) is 32.1 Å². The lowest BCUT2D eigenvalue weighted by atomic mass is 10.1. The molecular weight excluding hydrogens is 400 g/mol. The number of hydrogen-bond acceptors (Lipinski definition) is 5. The van der Waals surface area contributed by atoms with E-state index in [-0.39, 0.29) is 22.2 Å². The molecule has 146 valence electrons. The Labute approximate surface area is 168 Å². The third-order valence-corrected chi connectivity index (χ3v) is 8.21. The van der Waals surface area contributed by atoms with Crippen LogP contribution in [0.4, 0.5) is 0 Å². The average Bonchev–Trinajstić information content (AvgIpc) is 3.09. The molecule has 0 unspecified atom stereocenters. The summed E-state index contributed by atoms with van der Waals surface area (Å²) in [6.45, 7) is 0. The Morgan fingerprint density at radius 2 is 2.14 bits per heavy atom. The Kier molecular flexibility index (Phi) is 4.68. The van der Waals surface area contributed by atoms with Crippen molar-refractivity contribution in [1.29, 1.82) is 5.26 Å². The first-order valence-electron chi connectivity index (χ1n) is 9.11. The number of rotatable bonds is 5. The minimum atomic E-state index is -3.66. The van der Waals surface area contributed by atoms with Gasteiger partial charge in [-0.15, -0.1) is 0 Å². The average molecular weight is 419 g/mol. The van der Waals surface area contributed by atoms with E-state index in [1.165, 1.54) is 6.07 Å². The highest BCUT2D eigenvalue weighted by Crippen LogP contribution is 2.39. The predicted octanol–water partition coefficient (Wildman–Crippen LogP) is 2.64. The van der Waals surface area contributed by atoms with Crippen LogP contribution in [-0.4, -0.2) is 34.9 Å². The van der Waals surface area contributed by atoms with Crippen molar-refractivity contribution < 1.29 is 13.2 Å². The van der Waals surface area contributed by atoms with Crippen molar-refractivity contribution in [1.82, 2.24) is 15.1 Å². The molecule has 2 aromatic rings. The van der Waals surface area contributed by atoms with Gasteiger partial charge in [0.1, 0.15) is 5.54 Å². The van der Waals surface area contributed by atoms with E-state index in [0.717, 1.165) is 0 Å². The number of carbonyl (C=O) groups is 1. The molecule has 0 radical (unpaired) electrons. The summed E-state index contributed by atoms with van der Waals surface area (Å²) in [7, 11) is -3.66. The zero-order chi connectivity index (χ0) is 19.9. The highest BCUT2D eigenvalue weighted by atomic mass is 35.5. The third-order valence-electron chi connectivity index (χ3n) is 5.51. The molecule has 28 heavy (non-hydrogen) atoms. The zero-order valence-corrected chi connectivity index (χ0v) is 16.6. The second-order valence-corrected chi connectivity index (χ2v) is 10.0. The topological polar surface area (TPSA) is 105 Å². The summed E-state index contributed by atoms with van der Waals surface area (Å²) in [5.41, 5.74) is -0.0662. The molecule has 2 fully saturated rings. The van der Waals surface area contributed by atoms with E-state index in [1.54, 1.807) is 35.3 Å². The molecule has 1 N–H and O–H groups in total. The number of amides is 1. The van der Waals surface area contributed by atoms with Crippen LogP contribution in [-0.2, 0) is 14.6 Å². The summed E-state index contributed by atoms with van der Waals surface area (Å²) in [5.74, 6) is -0.621. The molecule has 9 heteroatoms. The number of halogens is 1. The van der Waals surface area contributed by atoms with Crippen LogP contribution < -0.4 is 5.32 Å². The second-order valence-electron chi connectivity index (χ2n) is 7.43. The van der Waals surface area contributed by atoms with Crippen molar-refractivity contribution in [2.45, 2.75) is 47.8 Å². The van der Waals surface area contributed by atoms with Gasteiger partial charge in [0.25, 0.3) is 0 Å². The number of nitrogens with zero attached hydrogens (tertiary/aromatic N) is 3. The Morgan fingerprint density at radius 3 is 2.75 bits per heavy atom. The van der Waals surface area contributed by atoms with Crippen molar-refractivity contribution >= 4 is 27.3 Å². The molecule has 1 aromatic carbocycles. The van der Waals surface area contributed by atoms with Crippen LogP contribution >= 0.6 is 11.6 Å². The minimum Gasteiger partial charge on any atom is -0.338 e. The van der Waals surface area contributed by atoms with Gasteiger partial charge in [0.05, 0.1) is 26.9 Å². The summed E-state index contributed by atoms with van der Waals surface area (Å²) in [6.07, 6.45) is 5.81. The lowest BCUT2D eigenvalue weighted by Gasteiger charge is -2.16. The normalized spacial score (nSPS) is 23.1. The number of nitrogens with one attached hydrogen (secondary N) is 1. The lowest BCUT2D eigenvalue weighted by Crippen LogP contribution is -2.39. The van der Waals surface area contributed by atoms with Crippen LogP contribution in [0.15, 0.2) is 41.6 Å². The quantitative estimate of drug-likeness (QED) is 0.803. The Hall–Kier alpha value is -2.37. The molecule has 1 amide bonds. The zero-order valence-electron chi connectivity index (χ0n) is 15.0. The van der Waals surface area contributed by atoms with Gasteiger partial charge >= 0.3 is 0 Å². The molecule has 0 spiro atoms. The molecule has 1 heterocycles. The van der Waals surface area contributed by atoms with Gasteiger partial charge in [-0.3, -0.25) is 4.79 Å². The van der Waals surface area contributed by atoms with Crippen LogP contribution in [0.5, 0.6) is 0 Å². The van der Waals surface area contributed by atoms with Gasteiger partial charge in [-0.1, -0.05) is 11.6 Å².